The first-order chi connectivity index (χ1) is 7.56. The summed E-state index contributed by atoms with van der Waals surface area (Å²) in [5.41, 5.74) is 0. The average Bonchev–Trinajstić information content (AvgIpc) is 2.65. The van der Waals surface area contributed by atoms with Crippen molar-refractivity contribution < 1.29 is 28.4 Å². The quantitative estimate of drug-likeness (QED) is 0.491. The highest BCUT2D eigenvalue weighted by molar-refractivity contribution is 6.21. The summed E-state index contributed by atoms with van der Waals surface area (Å²) in [5, 5.41) is 0. The minimum absolute atomic E-state index is 0.213. The Morgan fingerprint density at radius 2 is 1.81 bits per heavy atom. The normalized spacial score (nSPS) is 24.0. The number of hydrogen-bond acceptors (Lipinski definition) is 6. The molecule has 2 unspecified atom stereocenters. The number of esters is 2. The van der Waals surface area contributed by atoms with Crippen LogP contribution >= 0.6 is 0 Å². The molecule has 0 aromatic carbocycles. The van der Waals surface area contributed by atoms with Gasteiger partial charge in [-0.2, -0.15) is 0 Å². The second-order valence-electron chi connectivity index (χ2n) is 3.45. The molecule has 0 spiro atoms. The molecule has 1 aliphatic rings. The standard InChI is InChI=1S/C9H14BO6/c1-4-13-8(11)6-7(16-10-15-6)9(12)14-5(2)3/h5-7H,4H2,1-3H3. The van der Waals surface area contributed by atoms with E-state index >= 15 is 0 Å². The lowest BCUT2D eigenvalue weighted by atomic mass is 10.2. The first-order valence-corrected chi connectivity index (χ1v) is 5.06. The van der Waals surface area contributed by atoms with Gasteiger partial charge in [-0.25, -0.2) is 9.59 Å². The molecule has 1 saturated heterocycles. The highest BCUT2D eigenvalue weighted by Crippen LogP contribution is 2.15. The summed E-state index contributed by atoms with van der Waals surface area (Å²) in [7, 11) is 0.952. The fourth-order valence-electron chi connectivity index (χ4n) is 1.18. The Kier molecular flexibility index (Phi) is 4.76. The Morgan fingerprint density at radius 1 is 1.25 bits per heavy atom. The SMILES string of the molecule is CCOC(=O)C1O[B]OC1C(=O)OC(C)C. The van der Waals surface area contributed by atoms with Crippen molar-refractivity contribution in [1.29, 1.82) is 0 Å². The lowest BCUT2D eigenvalue weighted by molar-refractivity contribution is -0.165. The van der Waals surface area contributed by atoms with Crippen LogP contribution in [0.5, 0.6) is 0 Å². The second-order valence-corrected chi connectivity index (χ2v) is 3.45. The molecule has 0 N–H and O–H groups in total. The van der Waals surface area contributed by atoms with Gasteiger partial charge in [0.15, 0.2) is 12.2 Å². The molecule has 0 aliphatic carbocycles. The summed E-state index contributed by atoms with van der Waals surface area (Å²) in [5.74, 6) is -1.27. The Hall–Kier alpha value is -1.08. The van der Waals surface area contributed by atoms with Crippen LogP contribution in [0.3, 0.4) is 0 Å². The van der Waals surface area contributed by atoms with Gasteiger partial charge < -0.3 is 18.8 Å². The van der Waals surface area contributed by atoms with Crippen LogP contribution in [0.25, 0.3) is 0 Å². The smallest absolute Gasteiger partial charge is 0.464 e. The molecule has 0 aromatic heterocycles. The topological polar surface area (TPSA) is 71.1 Å². The zero-order valence-electron chi connectivity index (χ0n) is 9.47. The van der Waals surface area contributed by atoms with Crippen LogP contribution in [0.1, 0.15) is 20.8 Å². The van der Waals surface area contributed by atoms with Gasteiger partial charge in [-0.1, -0.05) is 0 Å². The van der Waals surface area contributed by atoms with E-state index in [1.165, 1.54) is 0 Å². The monoisotopic (exact) mass is 229 g/mol. The van der Waals surface area contributed by atoms with Gasteiger partial charge in [0.05, 0.1) is 12.7 Å². The van der Waals surface area contributed by atoms with E-state index in [4.69, 9.17) is 18.8 Å². The van der Waals surface area contributed by atoms with E-state index in [0.717, 1.165) is 7.69 Å². The molecule has 2 atom stereocenters. The molecule has 16 heavy (non-hydrogen) atoms. The third-order valence-electron chi connectivity index (χ3n) is 1.78. The van der Waals surface area contributed by atoms with Gasteiger partial charge in [0.1, 0.15) is 0 Å². The molecule has 1 fully saturated rings. The first-order valence-electron chi connectivity index (χ1n) is 5.06. The van der Waals surface area contributed by atoms with Gasteiger partial charge in [-0.05, 0) is 20.8 Å². The molecule has 0 aromatic rings. The second kappa shape index (κ2) is 5.86. The summed E-state index contributed by atoms with van der Waals surface area (Å²) in [6, 6.07) is 0. The van der Waals surface area contributed by atoms with E-state index in [1.807, 2.05) is 0 Å². The average molecular weight is 229 g/mol. The first kappa shape index (κ1) is 13.0. The Morgan fingerprint density at radius 3 is 2.31 bits per heavy atom. The number of carbonyl (C=O) groups excluding carboxylic acids is 2. The van der Waals surface area contributed by atoms with Crippen LogP contribution < -0.4 is 0 Å². The highest BCUT2D eigenvalue weighted by Gasteiger charge is 2.43. The number of hydrogen-bond donors (Lipinski definition) is 0. The van der Waals surface area contributed by atoms with E-state index in [2.05, 4.69) is 0 Å². The van der Waals surface area contributed by atoms with E-state index < -0.39 is 24.1 Å². The van der Waals surface area contributed by atoms with Crippen LogP contribution in [-0.2, 0) is 28.4 Å². The fraction of sp³-hybridized carbons (Fsp3) is 0.778. The van der Waals surface area contributed by atoms with Crippen molar-refractivity contribution in [2.75, 3.05) is 6.61 Å². The molecule has 1 radical (unpaired) electrons. The summed E-state index contributed by atoms with van der Waals surface area (Å²) in [4.78, 5) is 22.9. The van der Waals surface area contributed by atoms with Crippen molar-refractivity contribution in [3.05, 3.63) is 0 Å². The van der Waals surface area contributed by atoms with Crippen molar-refractivity contribution in [3.63, 3.8) is 0 Å². The molecule has 89 valence electrons. The minimum atomic E-state index is -1.08. The summed E-state index contributed by atoms with van der Waals surface area (Å²) in [6.45, 7) is 5.29. The predicted octanol–water partition coefficient (Wildman–Crippen LogP) is -0.181. The summed E-state index contributed by atoms with van der Waals surface area (Å²) < 4.78 is 19.4. The molecule has 0 saturated carbocycles. The Bertz CT molecular complexity index is 267. The lowest BCUT2D eigenvalue weighted by Crippen LogP contribution is -2.40. The van der Waals surface area contributed by atoms with Gasteiger partial charge in [0.2, 0.25) is 0 Å². The zero-order chi connectivity index (χ0) is 12.1. The van der Waals surface area contributed by atoms with Gasteiger partial charge in [-0.3, -0.25) is 0 Å². The van der Waals surface area contributed by atoms with Crippen LogP contribution in [0.2, 0.25) is 0 Å². The number of rotatable bonds is 4. The van der Waals surface area contributed by atoms with Crippen LogP contribution in [0, 0.1) is 0 Å². The molecule has 1 rings (SSSR count). The van der Waals surface area contributed by atoms with E-state index in [9.17, 15) is 9.59 Å². The maximum atomic E-state index is 11.5. The highest BCUT2D eigenvalue weighted by atomic mass is 16.7. The zero-order valence-corrected chi connectivity index (χ0v) is 9.47. The summed E-state index contributed by atoms with van der Waals surface area (Å²) in [6.07, 6.45) is -2.44. The van der Waals surface area contributed by atoms with E-state index in [1.54, 1.807) is 20.8 Å². The molecule has 1 heterocycles. The maximum absolute atomic E-state index is 11.5. The Balaban J connectivity index is 2.58. The molecule has 0 bridgehead atoms. The number of ether oxygens (including phenoxy) is 2. The van der Waals surface area contributed by atoms with Gasteiger partial charge >= 0.3 is 19.6 Å². The molecular formula is C9H14BO6. The van der Waals surface area contributed by atoms with Crippen molar-refractivity contribution >= 4 is 19.6 Å². The van der Waals surface area contributed by atoms with Gasteiger partial charge in [0.25, 0.3) is 0 Å². The molecular weight excluding hydrogens is 215 g/mol. The molecule has 7 heteroatoms. The fourth-order valence-corrected chi connectivity index (χ4v) is 1.18. The minimum Gasteiger partial charge on any atom is -0.464 e. The van der Waals surface area contributed by atoms with Gasteiger partial charge in [0, 0.05) is 0 Å². The third-order valence-corrected chi connectivity index (χ3v) is 1.78. The van der Waals surface area contributed by atoms with Crippen molar-refractivity contribution in [3.8, 4) is 0 Å². The van der Waals surface area contributed by atoms with Crippen LogP contribution in [0.15, 0.2) is 0 Å². The van der Waals surface area contributed by atoms with E-state index in [0.29, 0.717) is 0 Å². The molecule has 6 nitrogen and oxygen atoms in total. The largest absolute Gasteiger partial charge is 0.489 e. The van der Waals surface area contributed by atoms with Crippen LogP contribution in [-0.4, -0.2) is 44.5 Å². The van der Waals surface area contributed by atoms with Crippen molar-refractivity contribution in [1.82, 2.24) is 0 Å². The van der Waals surface area contributed by atoms with Gasteiger partial charge in [-0.15, -0.1) is 0 Å². The van der Waals surface area contributed by atoms with Crippen LogP contribution in [0.4, 0.5) is 0 Å². The lowest BCUT2D eigenvalue weighted by Gasteiger charge is -2.17. The maximum Gasteiger partial charge on any atom is 0.489 e. The number of carbonyl (C=O) groups is 2. The van der Waals surface area contributed by atoms with Crippen molar-refractivity contribution in [2.45, 2.75) is 39.1 Å². The predicted molar refractivity (Wildman–Crippen MR) is 53.4 cm³/mol. The van der Waals surface area contributed by atoms with E-state index in [-0.39, 0.29) is 12.7 Å². The molecule has 0 amide bonds. The Labute approximate surface area is 94.5 Å². The molecule has 1 aliphatic heterocycles. The summed E-state index contributed by atoms with van der Waals surface area (Å²) >= 11 is 0. The van der Waals surface area contributed by atoms with Crippen molar-refractivity contribution in [2.24, 2.45) is 0 Å². The third kappa shape index (κ3) is 3.21.